The van der Waals surface area contributed by atoms with Crippen LogP contribution in [0.15, 0.2) is 12.3 Å². The Balaban J connectivity index is 2.22. The lowest BCUT2D eigenvalue weighted by atomic mass is 9.80. The highest BCUT2D eigenvalue weighted by Crippen LogP contribution is 2.34. The van der Waals surface area contributed by atoms with E-state index >= 15 is 0 Å². The van der Waals surface area contributed by atoms with Gasteiger partial charge in [0, 0.05) is 19.8 Å². The summed E-state index contributed by atoms with van der Waals surface area (Å²) in [6.07, 6.45) is 4.28. The molecule has 0 amide bonds. The largest absolute Gasteiger partial charge is 0.388 e. The van der Waals surface area contributed by atoms with Gasteiger partial charge in [0.2, 0.25) is 0 Å². The van der Waals surface area contributed by atoms with Crippen LogP contribution in [0.5, 0.6) is 0 Å². The molecular weight excluding hydrogens is 216 g/mol. The van der Waals surface area contributed by atoms with Crippen molar-refractivity contribution in [3.63, 3.8) is 0 Å². The standard InChI is InChI=1S/C12H16N4O/c1-16(8-12(17)4-2-5-12)10-3-6-15-11(14)9(10)7-13/h3,6,17H,2,4-5,8H2,1H3,(H2,14,15). The molecule has 5 nitrogen and oxygen atoms in total. The van der Waals surface area contributed by atoms with Crippen molar-refractivity contribution in [1.29, 1.82) is 5.26 Å². The fraction of sp³-hybridized carbons (Fsp3) is 0.500. The maximum atomic E-state index is 10.1. The van der Waals surface area contributed by atoms with E-state index in [1.807, 2.05) is 11.9 Å². The first-order valence-corrected chi connectivity index (χ1v) is 5.64. The second kappa shape index (κ2) is 4.22. The van der Waals surface area contributed by atoms with Gasteiger partial charge in [-0.1, -0.05) is 0 Å². The molecule has 0 spiro atoms. The molecule has 90 valence electrons. The number of rotatable bonds is 3. The number of aliphatic hydroxyl groups is 1. The summed E-state index contributed by atoms with van der Waals surface area (Å²) in [6.45, 7) is 0.519. The van der Waals surface area contributed by atoms with Crippen LogP contribution in [0.25, 0.3) is 0 Å². The Morgan fingerprint density at radius 3 is 2.88 bits per heavy atom. The zero-order chi connectivity index (χ0) is 12.5. The van der Waals surface area contributed by atoms with Crippen molar-refractivity contribution in [2.24, 2.45) is 0 Å². The fourth-order valence-electron chi connectivity index (χ4n) is 2.17. The van der Waals surface area contributed by atoms with Gasteiger partial charge in [-0.05, 0) is 25.3 Å². The van der Waals surface area contributed by atoms with E-state index in [1.165, 1.54) is 0 Å². The Labute approximate surface area is 100 Å². The minimum atomic E-state index is -0.612. The van der Waals surface area contributed by atoms with E-state index in [2.05, 4.69) is 11.1 Å². The molecule has 0 bridgehead atoms. The summed E-state index contributed by atoms with van der Waals surface area (Å²) in [4.78, 5) is 5.76. The Morgan fingerprint density at radius 1 is 1.65 bits per heavy atom. The van der Waals surface area contributed by atoms with E-state index in [4.69, 9.17) is 11.0 Å². The van der Waals surface area contributed by atoms with Gasteiger partial charge < -0.3 is 15.7 Å². The first-order valence-electron chi connectivity index (χ1n) is 5.64. The summed E-state index contributed by atoms with van der Waals surface area (Å²) < 4.78 is 0. The molecule has 3 N–H and O–H groups in total. The predicted molar refractivity (Wildman–Crippen MR) is 65.4 cm³/mol. The smallest absolute Gasteiger partial charge is 0.143 e. The third-order valence-electron chi connectivity index (χ3n) is 3.30. The molecule has 1 heterocycles. The molecule has 1 aliphatic carbocycles. The van der Waals surface area contributed by atoms with Gasteiger partial charge in [0.25, 0.3) is 0 Å². The van der Waals surface area contributed by atoms with Gasteiger partial charge in [-0.2, -0.15) is 5.26 Å². The van der Waals surface area contributed by atoms with Gasteiger partial charge >= 0.3 is 0 Å². The number of hydrogen-bond acceptors (Lipinski definition) is 5. The summed E-state index contributed by atoms with van der Waals surface area (Å²) in [5, 5.41) is 19.2. The Kier molecular flexibility index (Phi) is 2.90. The maximum Gasteiger partial charge on any atom is 0.143 e. The molecule has 1 aliphatic rings. The normalized spacial score (nSPS) is 17.0. The maximum absolute atomic E-state index is 10.1. The molecule has 0 radical (unpaired) electrons. The van der Waals surface area contributed by atoms with Crippen molar-refractivity contribution in [3.8, 4) is 6.07 Å². The van der Waals surface area contributed by atoms with Crippen LogP contribution in [-0.2, 0) is 0 Å². The number of aromatic nitrogens is 1. The number of nitriles is 1. The quantitative estimate of drug-likeness (QED) is 0.808. The van der Waals surface area contributed by atoms with Crippen LogP contribution in [-0.4, -0.2) is 29.3 Å². The van der Waals surface area contributed by atoms with Gasteiger partial charge in [-0.25, -0.2) is 4.98 Å². The fourth-order valence-corrected chi connectivity index (χ4v) is 2.17. The molecule has 0 unspecified atom stereocenters. The van der Waals surface area contributed by atoms with Crippen LogP contribution in [0, 0.1) is 11.3 Å². The van der Waals surface area contributed by atoms with Gasteiger partial charge in [0.05, 0.1) is 11.3 Å². The lowest BCUT2D eigenvalue weighted by Crippen LogP contribution is -2.47. The highest BCUT2D eigenvalue weighted by atomic mass is 16.3. The molecule has 0 atom stereocenters. The number of nitrogens with two attached hydrogens (primary N) is 1. The molecule has 0 saturated heterocycles. The van der Waals surface area contributed by atoms with Crippen molar-refractivity contribution in [2.75, 3.05) is 24.2 Å². The zero-order valence-electron chi connectivity index (χ0n) is 9.85. The molecule has 0 aromatic carbocycles. The van der Waals surface area contributed by atoms with Gasteiger partial charge in [-0.3, -0.25) is 0 Å². The molecule has 2 rings (SSSR count). The molecule has 5 heteroatoms. The molecule has 1 aromatic heterocycles. The minimum absolute atomic E-state index is 0.234. The van der Waals surface area contributed by atoms with Gasteiger partial charge in [0.15, 0.2) is 0 Å². The second-order valence-electron chi connectivity index (χ2n) is 4.64. The minimum Gasteiger partial charge on any atom is -0.388 e. The number of nitrogen functional groups attached to an aromatic ring is 1. The van der Waals surface area contributed by atoms with E-state index in [9.17, 15) is 5.11 Å². The summed E-state index contributed by atoms with van der Waals surface area (Å²) in [6, 6.07) is 3.80. The van der Waals surface area contributed by atoms with E-state index in [-0.39, 0.29) is 5.82 Å². The molecule has 17 heavy (non-hydrogen) atoms. The topological polar surface area (TPSA) is 86.2 Å². The molecule has 0 aliphatic heterocycles. The van der Waals surface area contributed by atoms with Crippen molar-refractivity contribution in [2.45, 2.75) is 24.9 Å². The number of nitrogens with zero attached hydrogens (tertiary/aromatic N) is 3. The second-order valence-corrected chi connectivity index (χ2v) is 4.64. The highest BCUT2D eigenvalue weighted by molar-refractivity contribution is 5.67. The van der Waals surface area contributed by atoms with E-state index in [1.54, 1.807) is 12.3 Å². The Bertz CT molecular complexity index is 462. The van der Waals surface area contributed by atoms with Crippen molar-refractivity contribution < 1.29 is 5.11 Å². The average Bonchev–Trinajstić information content (AvgIpc) is 2.26. The van der Waals surface area contributed by atoms with Crippen molar-refractivity contribution in [3.05, 3.63) is 17.8 Å². The summed E-state index contributed by atoms with van der Waals surface area (Å²) in [5.74, 6) is 0.234. The summed E-state index contributed by atoms with van der Waals surface area (Å²) in [7, 11) is 1.85. The third-order valence-corrected chi connectivity index (χ3v) is 3.30. The van der Waals surface area contributed by atoms with Gasteiger partial charge in [-0.15, -0.1) is 0 Å². The Morgan fingerprint density at radius 2 is 2.35 bits per heavy atom. The van der Waals surface area contributed by atoms with E-state index in [0.717, 1.165) is 24.9 Å². The van der Waals surface area contributed by atoms with Crippen LogP contribution in [0.4, 0.5) is 11.5 Å². The molecule has 1 aromatic rings. The van der Waals surface area contributed by atoms with Crippen molar-refractivity contribution in [1.82, 2.24) is 4.98 Å². The monoisotopic (exact) mass is 232 g/mol. The van der Waals surface area contributed by atoms with E-state index in [0.29, 0.717) is 12.1 Å². The lowest BCUT2D eigenvalue weighted by Gasteiger charge is -2.40. The zero-order valence-corrected chi connectivity index (χ0v) is 9.85. The molecule has 1 saturated carbocycles. The number of anilines is 2. The van der Waals surface area contributed by atoms with Crippen LogP contribution < -0.4 is 10.6 Å². The first kappa shape index (κ1) is 11.7. The number of hydrogen-bond donors (Lipinski definition) is 2. The van der Waals surface area contributed by atoms with Crippen LogP contribution >= 0.6 is 0 Å². The highest BCUT2D eigenvalue weighted by Gasteiger charge is 2.35. The number of likely N-dealkylation sites (N-methyl/N-ethyl adjacent to an activating group) is 1. The molecular formula is C12H16N4O. The Hall–Kier alpha value is -1.80. The third kappa shape index (κ3) is 2.17. The first-order chi connectivity index (χ1) is 8.06. The van der Waals surface area contributed by atoms with E-state index < -0.39 is 5.60 Å². The SMILES string of the molecule is CN(CC1(O)CCC1)c1ccnc(N)c1C#N. The van der Waals surface area contributed by atoms with Gasteiger partial charge in [0.1, 0.15) is 17.5 Å². The van der Waals surface area contributed by atoms with Crippen LogP contribution in [0.1, 0.15) is 24.8 Å². The summed E-state index contributed by atoms with van der Waals surface area (Å²) >= 11 is 0. The lowest BCUT2D eigenvalue weighted by molar-refractivity contribution is -0.0247. The predicted octanol–water partition coefficient (Wildman–Crippen LogP) is 0.887. The van der Waals surface area contributed by atoms with Crippen molar-refractivity contribution >= 4 is 11.5 Å². The number of pyridine rings is 1. The average molecular weight is 232 g/mol. The molecule has 1 fully saturated rings. The summed E-state index contributed by atoms with van der Waals surface area (Å²) in [5.41, 5.74) is 6.14. The van der Waals surface area contributed by atoms with Crippen LogP contribution in [0.3, 0.4) is 0 Å². The van der Waals surface area contributed by atoms with Crippen LogP contribution in [0.2, 0.25) is 0 Å².